The number of aromatic carboxylic acids is 1. The summed E-state index contributed by atoms with van der Waals surface area (Å²) in [5.41, 5.74) is 7.03. The summed E-state index contributed by atoms with van der Waals surface area (Å²) >= 11 is 0. The van der Waals surface area contributed by atoms with Gasteiger partial charge in [0.25, 0.3) is 0 Å². The standard InChI is InChI=1S/C14H20N2O3/c1-3-4-7-16(9-13(15)17)11-5-6-12(14(18)19)10(2)8-11/h5-6,8H,3-4,7,9H2,1-2H3,(H2,15,17)(H,18,19). The third kappa shape index (κ3) is 4.28. The molecule has 0 spiro atoms. The maximum atomic E-state index is 11.1. The molecule has 104 valence electrons. The smallest absolute Gasteiger partial charge is 0.335 e. The lowest BCUT2D eigenvalue weighted by Crippen LogP contribution is -2.34. The summed E-state index contributed by atoms with van der Waals surface area (Å²) in [6, 6.07) is 5.06. The number of nitrogens with zero attached hydrogens (tertiary/aromatic N) is 1. The number of rotatable bonds is 7. The molecule has 5 nitrogen and oxygen atoms in total. The van der Waals surface area contributed by atoms with Crippen molar-refractivity contribution in [2.45, 2.75) is 26.7 Å². The molecule has 0 bridgehead atoms. The Balaban J connectivity index is 2.98. The first-order valence-electron chi connectivity index (χ1n) is 6.33. The van der Waals surface area contributed by atoms with Crippen LogP contribution in [0.25, 0.3) is 0 Å². The van der Waals surface area contributed by atoms with Gasteiger partial charge in [0.1, 0.15) is 0 Å². The van der Waals surface area contributed by atoms with Gasteiger partial charge in [-0.2, -0.15) is 0 Å². The molecule has 1 aromatic rings. The number of aryl methyl sites for hydroxylation is 1. The van der Waals surface area contributed by atoms with Crippen LogP contribution in [-0.2, 0) is 4.79 Å². The molecule has 1 aromatic carbocycles. The minimum Gasteiger partial charge on any atom is -0.478 e. The number of carboxylic acid groups (broad SMARTS) is 1. The number of hydrogen-bond donors (Lipinski definition) is 2. The summed E-state index contributed by atoms with van der Waals surface area (Å²) in [5, 5.41) is 8.99. The summed E-state index contributed by atoms with van der Waals surface area (Å²) < 4.78 is 0. The van der Waals surface area contributed by atoms with Crippen LogP contribution in [0.3, 0.4) is 0 Å². The van der Waals surface area contributed by atoms with Crippen molar-refractivity contribution in [1.29, 1.82) is 0 Å². The van der Waals surface area contributed by atoms with Crippen LogP contribution >= 0.6 is 0 Å². The SMILES string of the molecule is CCCCN(CC(N)=O)c1ccc(C(=O)O)c(C)c1. The van der Waals surface area contributed by atoms with E-state index in [0.29, 0.717) is 5.56 Å². The Morgan fingerprint density at radius 2 is 2.05 bits per heavy atom. The van der Waals surface area contributed by atoms with Gasteiger partial charge in [-0.1, -0.05) is 13.3 Å². The first-order chi connectivity index (χ1) is 8.95. The zero-order chi connectivity index (χ0) is 14.4. The monoisotopic (exact) mass is 264 g/mol. The van der Waals surface area contributed by atoms with Gasteiger partial charge in [0.05, 0.1) is 12.1 Å². The number of hydrogen-bond acceptors (Lipinski definition) is 3. The maximum absolute atomic E-state index is 11.1. The molecule has 0 saturated carbocycles. The molecular formula is C14H20N2O3. The predicted molar refractivity (Wildman–Crippen MR) is 74.5 cm³/mol. The molecule has 1 rings (SSSR count). The topological polar surface area (TPSA) is 83.6 Å². The van der Waals surface area contributed by atoms with Gasteiger partial charge >= 0.3 is 5.97 Å². The summed E-state index contributed by atoms with van der Waals surface area (Å²) in [4.78, 5) is 23.9. The quantitative estimate of drug-likeness (QED) is 0.786. The zero-order valence-corrected chi connectivity index (χ0v) is 11.3. The Morgan fingerprint density at radius 3 is 2.53 bits per heavy atom. The average Bonchev–Trinajstić information content (AvgIpc) is 2.33. The van der Waals surface area contributed by atoms with E-state index in [-0.39, 0.29) is 12.1 Å². The Labute approximate surface area is 113 Å². The Morgan fingerprint density at radius 1 is 1.37 bits per heavy atom. The van der Waals surface area contributed by atoms with Crippen LogP contribution in [0.4, 0.5) is 5.69 Å². The number of benzene rings is 1. The highest BCUT2D eigenvalue weighted by atomic mass is 16.4. The molecule has 0 aromatic heterocycles. The molecule has 0 unspecified atom stereocenters. The van der Waals surface area contributed by atoms with E-state index in [0.717, 1.165) is 25.1 Å². The van der Waals surface area contributed by atoms with E-state index >= 15 is 0 Å². The lowest BCUT2D eigenvalue weighted by atomic mass is 10.1. The van der Waals surface area contributed by atoms with E-state index in [1.807, 2.05) is 4.90 Å². The van der Waals surface area contributed by atoms with Gasteiger partial charge in [-0.05, 0) is 37.1 Å². The second-order valence-corrected chi connectivity index (χ2v) is 4.55. The first kappa shape index (κ1) is 15.0. The summed E-state index contributed by atoms with van der Waals surface area (Å²) in [7, 11) is 0. The van der Waals surface area contributed by atoms with Gasteiger partial charge in [-0.25, -0.2) is 4.79 Å². The second-order valence-electron chi connectivity index (χ2n) is 4.55. The largest absolute Gasteiger partial charge is 0.478 e. The Bertz CT molecular complexity index is 472. The van der Waals surface area contributed by atoms with Gasteiger partial charge < -0.3 is 15.7 Å². The predicted octanol–water partition coefficient (Wildman–Crippen LogP) is 1.79. The molecule has 5 heteroatoms. The number of carbonyl (C=O) groups excluding carboxylic acids is 1. The van der Waals surface area contributed by atoms with Crippen molar-refractivity contribution < 1.29 is 14.7 Å². The number of anilines is 1. The molecule has 19 heavy (non-hydrogen) atoms. The van der Waals surface area contributed by atoms with Crippen LogP contribution in [0.1, 0.15) is 35.7 Å². The second kappa shape index (κ2) is 6.78. The lowest BCUT2D eigenvalue weighted by molar-refractivity contribution is -0.116. The van der Waals surface area contributed by atoms with E-state index in [1.165, 1.54) is 0 Å². The fourth-order valence-corrected chi connectivity index (χ4v) is 1.92. The van der Waals surface area contributed by atoms with Crippen molar-refractivity contribution in [3.8, 4) is 0 Å². The lowest BCUT2D eigenvalue weighted by Gasteiger charge is -2.23. The van der Waals surface area contributed by atoms with Crippen LogP contribution in [0.15, 0.2) is 18.2 Å². The molecule has 0 aliphatic heterocycles. The van der Waals surface area contributed by atoms with Gasteiger partial charge in [0, 0.05) is 12.2 Å². The highest BCUT2D eigenvalue weighted by molar-refractivity contribution is 5.90. The molecule has 0 saturated heterocycles. The van der Waals surface area contributed by atoms with Gasteiger partial charge in [-0.15, -0.1) is 0 Å². The Hall–Kier alpha value is -2.04. The van der Waals surface area contributed by atoms with Gasteiger partial charge in [0.2, 0.25) is 5.91 Å². The number of carboxylic acids is 1. The van der Waals surface area contributed by atoms with Crippen LogP contribution in [-0.4, -0.2) is 30.1 Å². The van der Waals surface area contributed by atoms with Gasteiger partial charge in [0.15, 0.2) is 0 Å². The highest BCUT2D eigenvalue weighted by Gasteiger charge is 2.12. The highest BCUT2D eigenvalue weighted by Crippen LogP contribution is 2.19. The molecule has 3 N–H and O–H groups in total. The minimum absolute atomic E-state index is 0.145. The van der Waals surface area contributed by atoms with Crippen LogP contribution in [0, 0.1) is 6.92 Å². The Kier molecular flexibility index (Phi) is 5.36. The van der Waals surface area contributed by atoms with Crippen molar-refractivity contribution in [3.05, 3.63) is 29.3 Å². The number of unbranched alkanes of at least 4 members (excludes halogenated alkanes) is 1. The number of nitrogens with two attached hydrogens (primary N) is 1. The fraction of sp³-hybridized carbons (Fsp3) is 0.429. The summed E-state index contributed by atoms with van der Waals surface area (Å²) in [6.07, 6.45) is 1.97. The third-order valence-electron chi connectivity index (χ3n) is 2.93. The van der Waals surface area contributed by atoms with E-state index in [4.69, 9.17) is 10.8 Å². The zero-order valence-electron chi connectivity index (χ0n) is 11.3. The molecular weight excluding hydrogens is 244 g/mol. The number of carbonyl (C=O) groups is 2. The number of amides is 1. The molecule has 0 atom stereocenters. The van der Waals surface area contributed by atoms with E-state index in [9.17, 15) is 9.59 Å². The summed E-state index contributed by atoms with van der Waals surface area (Å²) in [5.74, 6) is -1.34. The first-order valence-corrected chi connectivity index (χ1v) is 6.33. The van der Waals surface area contributed by atoms with E-state index < -0.39 is 11.9 Å². The average molecular weight is 264 g/mol. The molecule has 0 heterocycles. The van der Waals surface area contributed by atoms with Crippen molar-refractivity contribution in [2.24, 2.45) is 5.73 Å². The van der Waals surface area contributed by atoms with Crippen molar-refractivity contribution in [1.82, 2.24) is 0 Å². The molecule has 0 radical (unpaired) electrons. The number of primary amides is 1. The normalized spacial score (nSPS) is 10.2. The molecule has 1 amide bonds. The van der Waals surface area contributed by atoms with Crippen LogP contribution in [0.2, 0.25) is 0 Å². The maximum Gasteiger partial charge on any atom is 0.335 e. The minimum atomic E-state index is -0.945. The van der Waals surface area contributed by atoms with Crippen molar-refractivity contribution in [2.75, 3.05) is 18.0 Å². The van der Waals surface area contributed by atoms with Crippen LogP contribution in [0.5, 0.6) is 0 Å². The van der Waals surface area contributed by atoms with Crippen LogP contribution < -0.4 is 10.6 Å². The molecule has 0 aliphatic rings. The van der Waals surface area contributed by atoms with Crippen molar-refractivity contribution in [3.63, 3.8) is 0 Å². The molecule has 0 aliphatic carbocycles. The third-order valence-corrected chi connectivity index (χ3v) is 2.93. The van der Waals surface area contributed by atoms with Gasteiger partial charge in [-0.3, -0.25) is 4.79 Å². The van der Waals surface area contributed by atoms with Crippen molar-refractivity contribution >= 4 is 17.6 Å². The van der Waals surface area contributed by atoms with E-state index in [2.05, 4.69) is 6.92 Å². The fourth-order valence-electron chi connectivity index (χ4n) is 1.92. The van der Waals surface area contributed by atoms with E-state index in [1.54, 1.807) is 25.1 Å². The summed E-state index contributed by atoms with van der Waals surface area (Å²) in [6.45, 7) is 4.69. The molecule has 0 fully saturated rings.